The number of ketones is 1. The molecule has 218 valence electrons. The van der Waals surface area contributed by atoms with Crippen LogP contribution in [0.15, 0.2) is 48.7 Å². The van der Waals surface area contributed by atoms with Crippen molar-refractivity contribution in [1.82, 2.24) is 19.8 Å². The van der Waals surface area contributed by atoms with Crippen LogP contribution in [0.25, 0.3) is 11.3 Å². The summed E-state index contributed by atoms with van der Waals surface area (Å²) in [6.45, 7) is 7.77. The number of nitrogens with zero attached hydrogens (tertiary/aromatic N) is 4. The molecule has 0 unspecified atom stereocenters. The number of hydrogen-bond acceptors (Lipinski definition) is 7. The van der Waals surface area contributed by atoms with Gasteiger partial charge in [-0.2, -0.15) is 5.26 Å². The third-order valence-electron chi connectivity index (χ3n) is 6.50. The number of aromatic nitrogens is 2. The fraction of sp³-hybridized carbons (Fsp3) is 0.438. The minimum absolute atomic E-state index is 0.0913. The molecule has 0 spiro atoms. The summed E-state index contributed by atoms with van der Waals surface area (Å²) in [4.78, 5) is 32.1. The molecule has 0 aliphatic heterocycles. The summed E-state index contributed by atoms with van der Waals surface area (Å²) >= 11 is 0. The lowest BCUT2D eigenvalue weighted by atomic mass is 9.91. The average molecular weight is 560 g/mol. The minimum atomic E-state index is -1.06. The molecule has 3 aromatic rings. The third kappa shape index (κ3) is 9.00. The van der Waals surface area contributed by atoms with E-state index in [1.54, 1.807) is 36.9 Å². The molecular formula is C32H41N5O4. The van der Waals surface area contributed by atoms with Gasteiger partial charge in [0.2, 0.25) is 5.91 Å². The number of aliphatic hydroxyl groups is 1. The number of carbonyl (C=O) groups is 2. The maximum absolute atomic E-state index is 13.3. The Morgan fingerprint density at radius 1 is 1.17 bits per heavy atom. The van der Waals surface area contributed by atoms with Crippen molar-refractivity contribution in [1.29, 1.82) is 5.26 Å². The van der Waals surface area contributed by atoms with E-state index >= 15 is 0 Å². The summed E-state index contributed by atoms with van der Waals surface area (Å²) in [7, 11) is 5.51. The van der Waals surface area contributed by atoms with Crippen LogP contribution < -0.4 is 10.1 Å². The number of nitriles is 1. The van der Waals surface area contributed by atoms with E-state index in [0.29, 0.717) is 35.7 Å². The Labute approximate surface area is 242 Å². The molecular weight excluding hydrogens is 518 g/mol. The van der Waals surface area contributed by atoms with Gasteiger partial charge in [-0.3, -0.25) is 9.59 Å². The van der Waals surface area contributed by atoms with Crippen LogP contribution in [-0.2, 0) is 23.9 Å². The molecule has 2 aromatic carbocycles. The number of likely N-dealkylation sites (N-methyl/N-ethyl adjacent to an activating group) is 1. The Balaban J connectivity index is 1.79. The Morgan fingerprint density at radius 2 is 1.85 bits per heavy atom. The van der Waals surface area contributed by atoms with Crippen LogP contribution in [0.1, 0.15) is 61.4 Å². The van der Waals surface area contributed by atoms with Crippen molar-refractivity contribution in [3.8, 4) is 23.1 Å². The zero-order valence-corrected chi connectivity index (χ0v) is 25.1. The topological polar surface area (TPSA) is 120 Å². The third-order valence-corrected chi connectivity index (χ3v) is 6.50. The molecule has 2 N–H and O–H groups in total. The molecule has 0 aliphatic carbocycles. The van der Waals surface area contributed by atoms with Crippen LogP contribution >= 0.6 is 0 Å². The van der Waals surface area contributed by atoms with Gasteiger partial charge in [-0.05, 0) is 77.9 Å². The summed E-state index contributed by atoms with van der Waals surface area (Å²) in [6, 6.07) is 15.0. The number of ether oxygens (including phenoxy) is 1. The zero-order valence-electron chi connectivity index (χ0n) is 25.1. The van der Waals surface area contributed by atoms with E-state index in [1.807, 2.05) is 70.0 Å². The number of carbonyl (C=O) groups excluding carboxylic acids is 2. The van der Waals surface area contributed by atoms with Crippen LogP contribution in [0.3, 0.4) is 0 Å². The van der Waals surface area contributed by atoms with Crippen LogP contribution in [-0.4, -0.2) is 64.5 Å². The Hall–Kier alpha value is -4.00. The first kappa shape index (κ1) is 31.5. The molecule has 1 amide bonds. The second-order valence-electron chi connectivity index (χ2n) is 11.5. The highest BCUT2D eigenvalue weighted by atomic mass is 16.5. The van der Waals surface area contributed by atoms with Crippen LogP contribution in [0.4, 0.5) is 0 Å². The van der Waals surface area contributed by atoms with Gasteiger partial charge in [0.05, 0.1) is 23.9 Å². The van der Waals surface area contributed by atoms with Gasteiger partial charge in [-0.25, -0.2) is 4.98 Å². The number of aryl methyl sites for hydroxylation is 1. The summed E-state index contributed by atoms with van der Waals surface area (Å²) in [5.74, 6) is 0.658. The van der Waals surface area contributed by atoms with E-state index < -0.39 is 5.60 Å². The van der Waals surface area contributed by atoms with Crippen LogP contribution in [0.2, 0.25) is 0 Å². The molecule has 0 saturated heterocycles. The molecule has 9 nitrogen and oxygen atoms in total. The highest BCUT2D eigenvalue weighted by Crippen LogP contribution is 2.26. The highest BCUT2D eigenvalue weighted by molar-refractivity contribution is 5.96. The molecule has 1 atom stereocenters. The van der Waals surface area contributed by atoms with Crippen LogP contribution in [0.5, 0.6) is 5.75 Å². The maximum atomic E-state index is 13.3. The van der Waals surface area contributed by atoms with Crippen LogP contribution in [0, 0.1) is 17.2 Å². The summed E-state index contributed by atoms with van der Waals surface area (Å²) in [5.41, 5.74) is 2.40. The van der Waals surface area contributed by atoms with Crippen molar-refractivity contribution < 1.29 is 19.4 Å². The summed E-state index contributed by atoms with van der Waals surface area (Å²) in [5, 5.41) is 22.9. The minimum Gasteiger partial charge on any atom is -0.490 e. The molecule has 0 bridgehead atoms. The Kier molecular flexibility index (Phi) is 10.4. The number of hydrogen-bond donors (Lipinski definition) is 2. The van der Waals surface area contributed by atoms with Gasteiger partial charge in [0, 0.05) is 37.3 Å². The van der Waals surface area contributed by atoms with Gasteiger partial charge in [0.15, 0.2) is 5.78 Å². The number of Topliss-reactive ketones (excluding diaryl/α,β-unsaturated/α-hetero) is 1. The van der Waals surface area contributed by atoms with Crippen molar-refractivity contribution in [2.45, 2.75) is 52.2 Å². The molecule has 0 fully saturated rings. The SMILES string of the molecule is CC(C)Oc1ccc(C(=O)C[C@H](CNC(=O)CN(C)C)Cc2ccc(-c3cn(C)c(C(C)(C)O)n3)cc2)cc1C#N. The molecule has 1 aromatic heterocycles. The summed E-state index contributed by atoms with van der Waals surface area (Å²) < 4.78 is 7.51. The maximum Gasteiger partial charge on any atom is 0.234 e. The molecule has 9 heteroatoms. The van der Waals surface area contributed by atoms with Crippen molar-refractivity contribution >= 4 is 11.7 Å². The second kappa shape index (κ2) is 13.6. The van der Waals surface area contributed by atoms with Gasteiger partial charge in [-0.15, -0.1) is 0 Å². The smallest absolute Gasteiger partial charge is 0.234 e. The second-order valence-corrected chi connectivity index (χ2v) is 11.5. The fourth-order valence-electron chi connectivity index (χ4n) is 4.66. The Morgan fingerprint density at radius 3 is 2.41 bits per heavy atom. The van der Waals surface area contributed by atoms with E-state index in [0.717, 1.165) is 16.8 Å². The van der Waals surface area contributed by atoms with Crippen molar-refractivity contribution in [3.05, 3.63) is 71.2 Å². The van der Waals surface area contributed by atoms with E-state index in [1.165, 1.54) is 0 Å². The van der Waals surface area contributed by atoms with Crippen molar-refractivity contribution in [3.63, 3.8) is 0 Å². The van der Waals surface area contributed by atoms with E-state index in [4.69, 9.17) is 4.74 Å². The molecule has 41 heavy (non-hydrogen) atoms. The predicted molar refractivity (Wildman–Crippen MR) is 159 cm³/mol. The molecule has 0 aliphatic rings. The van der Waals surface area contributed by atoms with E-state index in [9.17, 15) is 20.0 Å². The lowest BCUT2D eigenvalue weighted by Gasteiger charge is -2.19. The number of nitrogens with one attached hydrogen (secondary N) is 1. The quantitative estimate of drug-likeness (QED) is 0.303. The standard InChI is InChI=1S/C32H41N5O4/c1-21(2)41-29-13-12-25(16-26(29)17-33)28(38)15-23(18-34-30(39)20-36(5)6)14-22-8-10-24(11-9-22)27-19-37(7)31(35-27)32(3,4)40/h8-13,16,19,21,23,40H,14-15,18,20H2,1-7H3,(H,34,39)/t23-/m1/s1. The number of imidazole rings is 1. The van der Waals surface area contributed by atoms with Gasteiger partial charge >= 0.3 is 0 Å². The zero-order chi connectivity index (χ0) is 30.3. The van der Waals surface area contributed by atoms with Gasteiger partial charge in [-0.1, -0.05) is 24.3 Å². The predicted octanol–water partition coefficient (Wildman–Crippen LogP) is 4.08. The normalized spacial score (nSPS) is 12.3. The number of amides is 1. The van der Waals surface area contributed by atoms with E-state index in [-0.39, 0.29) is 36.7 Å². The van der Waals surface area contributed by atoms with Crippen molar-refractivity contribution in [2.75, 3.05) is 27.2 Å². The van der Waals surface area contributed by atoms with Gasteiger partial charge in [0.25, 0.3) is 0 Å². The number of rotatable bonds is 13. The molecule has 1 heterocycles. The fourth-order valence-corrected chi connectivity index (χ4v) is 4.66. The first-order chi connectivity index (χ1) is 19.3. The highest BCUT2D eigenvalue weighted by Gasteiger charge is 2.23. The number of benzene rings is 2. The molecule has 0 radical (unpaired) electrons. The van der Waals surface area contributed by atoms with Crippen molar-refractivity contribution in [2.24, 2.45) is 13.0 Å². The first-order valence-corrected chi connectivity index (χ1v) is 13.8. The monoisotopic (exact) mass is 559 g/mol. The average Bonchev–Trinajstić information content (AvgIpc) is 3.29. The first-order valence-electron chi connectivity index (χ1n) is 13.8. The lowest BCUT2D eigenvalue weighted by molar-refractivity contribution is -0.121. The molecule has 3 rings (SSSR count). The molecule has 0 saturated carbocycles. The summed E-state index contributed by atoms with van der Waals surface area (Å²) in [6.07, 6.45) is 2.57. The largest absolute Gasteiger partial charge is 0.490 e. The Bertz CT molecular complexity index is 1390. The van der Waals surface area contributed by atoms with E-state index in [2.05, 4.69) is 16.4 Å². The lowest BCUT2D eigenvalue weighted by Crippen LogP contribution is -2.37. The van der Waals surface area contributed by atoms with Gasteiger partial charge < -0.3 is 24.6 Å². The van der Waals surface area contributed by atoms with Gasteiger partial charge in [0.1, 0.15) is 23.2 Å².